The van der Waals surface area contributed by atoms with Gasteiger partial charge in [-0.15, -0.1) is 0 Å². The lowest BCUT2D eigenvalue weighted by atomic mass is 9.86. The standard InChI is InChI=1S/C28H33N3O5/c1-5-6-9-12-30-16-24(32)31-21(28(30)33)15-19-18-10-7-8-11-20(18)29-25(19)26(31)17-13-22(34-2)27(36-4)23(14-17)35-3/h7-8,10-11,13-14,21,26,29H,5-6,9,12,15-16H2,1-4H3/t21-,26+/m0/s1. The highest BCUT2D eigenvalue weighted by Crippen LogP contribution is 2.47. The molecule has 1 aromatic heterocycles. The zero-order valence-electron chi connectivity index (χ0n) is 21.3. The Bertz CT molecular complexity index is 1270. The summed E-state index contributed by atoms with van der Waals surface area (Å²) in [5.41, 5.74) is 3.77. The molecule has 0 radical (unpaired) electrons. The average molecular weight is 492 g/mol. The van der Waals surface area contributed by atoms with Crippen molar-refractivity contribution in [2.24, 2.45) is 0 Å². The van der Waals surface area contributed by atoms with Gasteiger partial charge in [0.05, 0.1) is 33.9 Å². The second kappa shape index (κ2) is 9.76. The van der Waals surface area contributed by atoms with Gasteiger partial charge in [-0.2, -0.15) is 0 Å². The molecule has 2 aliphatic heterocycles. The highest BCUT2D eigenvalue weighted by molar-refractivity contribution is 5.97. The summed E-state index contributed by atoms with van der Waals surface area (Å²) >= 11 is 0. The number of amides is 2. The Morgan fingerprint density at radius 3 is 2.39 bits per heavy atom. The van der Waals surface area contributed by atoms with Gasteiger partial charge in [-0.3, -0.25) is 9.59 Å². The van der Waals surface area contributed by atoms with E-state index >= 15 is 0 Å². The van der Waals surface area contributed by atoms with Crippen LogP contribution in [0.15, 0.2) is 36.4 Å². The third-order valence-corrected chi connectivity index (χ3v) is 7.38. The molecule has 36 heavy (non-hydrogen) atoms. The van der Waals surface area contributed by atoms with E-state index in [2.05, 4.69) is 18.0 Å². The van der Waals surface area contributed by atoms with E-state index in [1.807, 2.05) is 30.3 Å². The van der Waals surface area contributed by atoms with Gasteiger partial charge < -0.3 is 29.0 Å². The Hall–Kier alpha value is -3.68. The molecule has 0 spiro atoms. The first kappa shape index (κ1) is 24.0. The first-order chi connectivity index (χ1) is 17.5. The van der Waals surface area contributed by atoms with Gasteiger partial charge in [0, 0.05) is 29.6 Å². The predicted molar refractivity (Wildman–Crippen MR) is 137 cm³/mol. The van der Waals surface area contributed by atoms with E-state index in [9.17, 15) is 9.59 Å². The number of carbonyl (C=O) groups excluding carboxylic acids is 2. The van der Waals surface area contributed by atoms with Gasteiger partial charge in [-0.1, -0.05) is 38.0 Å². The second-order valence-corrected chi connectivity index (χ2v) is 9.41. The molecule has 8 nitrogen and oxygen atoms in total. The number of ether oxygens (including phenoxy) is 3. The van der Waals surface area contributed by atoms with E-state index in [4.69, 9.17) is 14.2 Å². The summed E-state index contributed by atoms with van der Waals surface area (Å²) in [6, 6.07) is 10.8. The van der Waals surface area contributed by atoms with Crippen molar-refractivity contribution in [3.63, 3.8) is 0 Å². The zero-order valence-corrected chi connectivity index (χ0v) is 21.3. The molecule has 3 aromatic rings. The maximum absolute atomic E-state index is 13.7. The van der Waals surface area contributed by atoms with E-state index in [-0.39, 0.29) is 18.4 Å². The van der Waals surface area contributed by atoms with Crippen molar-refractivity contribution in [3.05, 3.63) is 53.2 Å². The number of hydrogen-bond acceptors (Lipinski definition) is 5. The van der Waals surface area contributed by atoms with E-state index in [1.54, 1.807) is 31.1 Å². The Morgan fingerprint density at radius 2 is 1.72 bits per heavy atom. The summed E-state index contributed by atoms with van der Waals surface area (Å²) in [4.78, 5) is 34.5. The molecule has 3 heterocycles. The molecule has 1 N–H and O–H groups in total. The molecule has 2 amide bonds. The van der Waals surface area contributed by atoms with Crippen LogP contribution in [0.2, 0.25) is 0 Å². The number of nitrogens with zero attached hydrogens (tertiary/aromatic N) is 2. The SMILES string of the molecule is CCCCCN1CC(=O)N2[C@H](c3cc(OC)c(OC)c(OC)c3)c3[nH]c4ccccc4c3C[C@H]2C1=O. The topological polar surface area (TPSA) is 84.1 Å². The molecule has 0 unspecified atom stereocenters. The zero-order chi connectivity index (χ0) is 25.4. The number of piperazine rings is 1. The number of methoxy groups -OCH3 is 3. The smallest absolute Gasteiger partial charge is 0.246 e. The number of carbonyl (C=O) groups is 2. The number of unbranched alkanes of at least 4 members (excludes halogenated alkanes) is 2. The average Bonchev–Trinajstić information content (AvgIpc) is 3.27. The van der Waals surface area contributed by atoms with Crippen LogP contribution in [0.25, 0.3) is 10.9 Å². The van der Waals surface area contributed by atoms with Crippen LogP contribution in [-0.2, 0) is 16.0 Å². The Labute approximate surface area is 211 Å². The van der Waals surface area contributed by atoms with Gasteiger partial charge in [0.2, 0.25) is 17.6 Å². The third kappa shape index (κ3) is 3.85. The molecule has 0 saturated carbocycles. The molecule has 8 heteroatoms. The summed E-state index contributed by atoms with van der Waals surface area (Å²) in [6.07, 6.45) is 3.48. The first-order valence-electron chi connectivity index (χ1n) is 12.5. The number of aromatic amines is 1. The van der Waals surface area contributed by atoms with Crippen LogP contribution in [0.3, 0.4) is 0 Å². The lowest BCUT2D eigenvalue weighted by Gasteiger charge is -2.47. The van der Waals surface area contributed by atoms with Gasteiger partial charge in [-0.05, 0) is 35.7 Å². The highest BCUT2D eigenvalue weighted by Gasteiger charge is 2.48. The van der Waals surface area contributed by atoms with Gasteiger partial charge >= 0.3 is 0 Å². The van der Waals surface area contributed by atoms with Crippen LogP contribution < -0.4 is 14.2 Å². The fraction of sp³-hybridized carbons (Fsp3) is 0.429. The van der Waals surface area contributed by atoms with Crippen LogP contribution in [0, 0.1) is 0 Å². The molecule has 0 bridgehead atoms. The summed E-state index contributed by atoms with van der Waals surface area (Å²) in [7, 11) is 4.71. The summed E-state index contributed by atoms with van der Waals surface area (Å²) in [5, 5.41) is 1.08. The molecular formula is C28H33N3O5. The van der Waals surface area contributed by atoms with Gasteiger partial charge in [0.25, 0.3) is 0 Å². The maximum atomic E-state index is 13.7. The van der Waals surface area contributed by atoms with Gasteiger partial charge in [-0.25, -0.2) is 0 Å². The summed E-state index contributed by atoms with van der Waals surface area (Å²) in [6.45, 7) is 2.83. The third-order valence-electron chi connectivity index (χ3n) is 7.38. The number of hydrogen-bond donors (Lipinski definition) is 1. The largest absolute Gasteiger partial charge is 0.493 e. The predicted octanol–water partition coefficient (Wildman–Crippen LogP) is 4.07. The fourth-order valence-corrected chi connectivity index (χ4v) is 5.67. The lowest BCUT2D eigenvalue weighted by molar-refractivity contribution is -0.158. The highest BCUT2D eigenvalue weighted by atomic mass is 16.5. The monoisotopic (exact) mass is 491 g/mol. The minimum absolute atomic E-state index is 0.0130. The maximum Gasteiger partial charge on any atom is 0.246 e. The molecule has 1 saturated heterocycles. The van der Waals surface area contributed by atoms with Crippen LogP contribution in [0.5, 0.6) is 17.2 Å². The summed E-state index contributed by atoms with van der Waals surface area (Å²) < 4.78 is 16.8. The van der Waals surface area contributed by atoms with Crippen molar-refractivity contribution in [2.75, 3.05) is 34.4 Å². The van der Waals surface area contributed by atoms with Crippen LogP contribution in [0.1, 0.15) is 49.0 Å². The number of H-pyrrole nitrogens is 1. The molecule has 1 fully saturated rings. The lowest BCUT2D eigenvalue weighted by Crippen LogP contribution is -2.63. The van der Waals surface area contributed by atoms with Crippen molar-refractivity contribution in [3.8, 4) is 17.2 Å². The quantitative estimate of drug-likeness (QED) is 0.481. The number of nitrogens with one attached hydrogen (secondary N) is 1. The first-order valence-corrected chi connectivity index (χ1v) is 12.5. The van der Waals surface area contributed by atoms with Crippen molar-refractivity contribution in [1.29, 1.82) is 0 Å². The number of para-hydroxylation sites is 1. The summed E-state index contributed by atoms with van der Waals surface area (Å²) in [5.74, 6) is 1.45. The number of benzene rings is 2. The molecular weight excluding hydrogens is 458 g/mol. The second-order valence-electron chi connectivity index (χ2n) is 9.41. The van der Waals surface area contributed by atoms with Crippen molar-refractivity contribution >= 4 is 22.7 Å². The van der Waals surface area contributed by atoms with Crippen molar-refractivity contribution < 1.29 is 23.8 Å². The van der Waals surface area contributed by atoms with E-state index in [0.717, 1.165) is 47.0 Å². The number of aromatic nitrogens is 1. The number of fused-ring (bicyclic) bond motifs is 4. The van der Waals surface area contributed by atoms with Gasteiger partial charge in [0.1, 0.15) is 6.04 Å². The minimum atomic E-state index is -0.566. The minimum Gasteiger partial charge on any atom is -0.493 e. The van der Waals surface area contributed by atoms with Crippen LogP contribution in [-0.4, -0.2) is 67.1 Å². The number of rotatable bonds is 8. The van der Waals surface area contributed by atoms with E-state index in [0.29, 0.717) is 30.2 Å². The fourth-order valence-electron chi connectivity index (χ4n) is 5.67. The Kier molecular flexibility index (Phi) is 6.51. The van der Waals surface area contributed by atoms with E-state index < -0.39 is 12.1 Å². The Morgan fingerprint density at radius 1 is 1.00 bits per heavy atom. The normalized spacial score (nSPS) is 19.3. The molecule has 0 aliphatic carbocycles. The molecule has 190 valence electrons. The van der Waals surface area contributed by atoms with E-state index in [1.165, 1.54) is 0 Å². The van der Waals surface area contributed by atoms with Crippen LogP contribution >= 0.6 is 0 Å². The molecule has 2 atom stereocenters. The van der Waals surface area contributed by atoms with Crippen molar-refractivity contribution in [1.82, 2.24) is 14.8 Å². The van der Waals surface area contributed by atoms with Gasteiger partial charge in [0.15, 0.2) is 11.5 Å². The molecule has 2 aromatic carbocycles. The van der Waals surface area contributed by atoms with Crippen molar-refractivity contribution in [2.45, 2.75) is 44.7 Å². The van der Waals surface area contributed by atoms with Crippen LogP contribution in [0.4, 0.5) is 0 Å². The Balaban J connectivity index is 1.67. The molecule has 5 rings (SSSR count). The molecule has 2 aliphatic rings.